The summed E-state index contributed by atoms with van der Waals surface area (Å²) in [6, 6.07) is 6.11. The van der Waals surface area contributed by atoms with Crippen LogP contribution < -0.4 is 9.64 Å². The van der Waals surface area contributed by atoms with Crippen molar-refractivity contribution in [2.45, 2.75) is 52.2 Å². The number of amides is 3. The number of aromatic nitrogens is 1. The number of methoxy groups -OCH3 is 1. The average molecular weight is 486 g/mol. The molecule has 1 saturated carbocycles. The minimum Gasteiger partial charge on any atom is -0.495 e. The molecule has 2 heterocycles. The van der Waals surface area contributed by atoms with Gasteiger partial charge in [0.2, 0.25) is 17.7 Å². The van der Waals surface area contributed by atoms with Gasteiger partial charge in [-0.2, -0.15) is 0 Å². The van der Waals surface area contributed by atoms with Crippen LogP contribution in [0.25, 0.3) is 0 Å². The van der Waals surface area contributed by atoms with E-state index in [2.05, 4.69) is 4.98 Å². The fourth-order valence-electron chi connectivity index (χ4n) is 4.63. The third-order valence-corrected chi connectivity index (χ3v) is 7.21. The maximum atomic E-state index is 12.7. The second-order valence-electron chi connectivity index (χ2n) is 8.48. The molecule has 10 heteroatoms. The maximum absolute atomic E-state index is 12.7. The van der Waals surface area contributed by atoms with Crippen molar-refractivity contribution < 1.29 is 28.7 Å². The molecule has 0 spiro atoms. The fraction of sp³-hybridized carbons (Fsp3) is 0.458. The molecule has 4 rings (SSSR count). The maximum Gasteiger partial charge on any atom is 0.329 e. The number of nitrogens with zero attached hydrogens (tertiary/aromatic N) is 3. The summed E-state index contributed by atoms with van der Waals surface area (Å²) in [5.74, 6) is -1.56. The van der Waals surface area contributed by atoms with Gasteiger partial charge >= 0.3 is 5.97 Å². The van der Waals surface area contributed by atoms with Gasteiger partial charge in [-0.25, -0.2) is 9.78 Å². The molecule has 1 aromatic carbocycles. The summed E-state index contributed by atoms with van der Waals surface area (Å²) in [4.78, 5) is 57.5. The number of hydrogen-bond donors (Lipinski definition) is 0. The molecule has 0 N–H and O–H groups in total. The minimum atomic E-state index is -0.994. The molecule has 2 aromatic rings. The Morgan fingerprint density at radius 1 is 1.18 bits per heavy atom. The fourth-order valence-corrected chi connectivity index (χ4v) is 5.49. The van der Waals surface area contributed by atoms with Crippen molar-refractivity contribution in [3.8, 4) is 5.75 Å². The van der Waals surface area contributed by atoms with Gasteiger partial charge in [-0.3, -0.25) is 24.2 Å². The first kappa shape index (κ1) is 23.9. The molecule has 2 aliphatic rings. The van der Waals surface area contributed by atoms with Crippen LogP contribution in [0.1, 0.15) is 45.2 Å². The van der Waals surface area contributed by atoms with E-state index in [4.69, 9.17) is 9.47 Å². The van der Waals surface area contributed by atoms with Crippen LogP contribution in [0.4, 0.5) is 10.8 Å². The molecule has 34 heavy (non-hydrogen) atoms. The largest absolute Gasteiger partial charge is 0.495 e. The lowest BCUT2D eigenvalue weighted by Crippen LogP contribution is -2.44. The van der Waals surface area contributed by atoms with Crippen molar-refractivity contribution in [1.82, 2.24) is 9.88 Å². The van der Waals surface area contributed by atoms with Crippen molar-refractivity contribution >= 4 is 45.8 Å². The SMILES string of the molecule is COc1ccccc1N(C(C)=O)c1nc(COC(=O)[C@H](C)N2C(=O)[C@@H]3CCCC[C@H]3C2=O)cs1. The van der Waals surface area contributed by atoms with E-state index in [0.717, 1.165) is 17.7 Å². The predicted octanol–water partition coefficient (Wildman–Crippen LogP) is 3.44. The highest BCUT2D eigenvalue weighted by Gasteiger charge is 2.51. The van der Waals surface area contributed by atoms with Gasteiger partial charge in [-0.05, 0) is 31.9 Å². The topological polar surface area (TPSA) is 106 Å². The molecule has 0 unspecified atom stereocenters. The van der Waals surface area contributed by atoms with Gasteiger partial charge in [-0.1, -0.05) is 25.0 Å². The Labute approximate surface area is 201 Å². The summed E-state index contributed by atoms with van der Waals surface area (Å²) in [5.41, 5.74) is 1.01. The van der Waals surface area contributed by atoms with Crippen molar-refractivity contribution in [3.05, 3.63) is 35.3 Å². The Hall–Kier alpha value is -3.27. The van der Waals surface area contributed by atoms with Gasteiger partial charge in [0.1, 0.15) is 18.4 Å². The Kier molecular flexibility index (Phi) is 6.97. The van der Waals surface area contributed by atoms with Crippen molar-refractivity contribution in [2.75, 3.05) is 12.0 Å². The standard InChI is InChI=1S/C24H27N3O6S/c1-14(26-21(29)17-8-4-5-9-18(17)22(26)30)23(31)33-12-16-13-34-24(25-16)27(15(2)28)19-10-6-7-11-20(19)32-3/h6-7,10-11,13-14,17-18H,4-5,8-9,12H2,1-3H3/t14-,17+,18+/m0/s1. The molecule has 0 radical (unpaired) electrons. The highest BCUT2D eigenvalue weighted by molar-refractivity contribution is 7.14. The van der Waals surface area contributed by atoms with E-state index in [1.807, 2.05) is 0 Å². The van der Waals surface area contributed by atoms with Crippen LogP contribution in [0, 0.1) is 11.8 Å². The Morgan fingerprint density at radius 2 is 1.82 bits per heavy atom. The lowest BCUT2D eigenvalue weighted by Gasteiger charge is -2.21. The summed E-state index contributed by atoms with van der Waals surface area (Å²) in [6.45, 7) is 2.80. The monoisotopic (exact) mass is 485 g/mol. The first-order chi connectivity index (χ1) is 16.3. The van der Waals surface area contributed by atoms with E-state index >= 15 is 0 Å². The number of carbonyl (C=O) groups is 4. The average Bonchev–Trinajstić information content (AvgIpc) is 3.40. The zero-order valence-corrected chi connectivity index (χ0v) is 20.2. The third kappa shape index (κ3) is 4.42. The molecule has 1 aromatic heterocycles. The van der Waals surface area contributed by atoms with Crippen LogP contribution in [0.5, 0.6) is 5.75 Å². The summed E-state index contributed by atoms with van der Waals surface area (Å²) in [7, 11) is 1.52. The van der Waals surface area contributed by atoms with E-state index in [0.29, 0.717) is 35.1 Å². The lowest BCUT2D eigenvalue weighted by molar-refractivity contribution is -0.159. The number of carbonyl (C=O) groups excluding carboxylic acids is 4. The number of likely N-dealkylation sites (tertiary alicyclic amines) is 1. The number of fused-ring (bicyclic) bond motifs is 1. The summed E-state index contributed by atoms with van der Waals surface area (Å²) < 4.78 is 10.8. The number of rotatable bonds is 7. The molecule has 3 atom stereocenters. The quantitative estimate of drug-likeness (QED) is 0.437. The summed E-state index contributed by atoms with van der Waals surface area (Å²) in [6.07, 6.45) is 3.22. The van der Waals surface area contributed by atoms with Gasteiger partial charge in [0.15, 0.2) is 5.13 Å². The Balaban J connectivity index is 1.43. The summed E-state index contributed by atoms with van der Waals surface area (Å²) >= 11 is 1.23. The molecule has 2 fully saturated rings. The second kappa shape index (κ2) is 9.92. The first-order valence-electron chi connectivity index (χ1n) is 11.2. The number of anilines is 2. The van der Waals surface area contributed by atoms with Crippen molar-refractivity contribution in [1.29, 1.82) is 0 Å². The second-order valence-corrected chi connectivity index (χ2v) is 9.31. The molecule has 1 saturated heterocycles. The minimum absolute atomic E-state index is 0.138. The highest BCUT2D eigenvalue weighted by Crippen LogP contribution is 2.39. The lowest BCUT2D eigenvalue weighted by atomic mass is 9.81. The summed E-state index contributed by atoms with van der Waals surface area (Å²) in [5, 5.41) is 2.10. The third-order valence-electron chi connectivity index (χ3n) is 6.34. The number of hydrogen-bond acceptors (Lipinski definition) is 8. The molecule has 1 aliphatic heterocycles. The zero-order chi connectivity index (χ0) is 24.4. The van der Waals surface area contributed by atoms with Crippen LogP contribution in [-0.4, -0.2) is 46.7 Å². The van der Waals surface area contributed by atoms with Gasteiger partial charge in [-0.15, -0.1) is 11.3 Å². The number of para-hydroxylation sites is 2. The van der Waals surface area contributed by atoms with Gasteiger partial charge in [0, 0.05) is 12.3 Å². The molecule has 3 amide bonds. The number of esters is 1. The predicted molar refractivity (Wildman–Crippen MR) is 124 cm³/mol. The normalized spacial score (nSPS) is 20.6. The van der Waals surface area contributed by atoms with Crippen LogP contribution in [-0.2, 0) is 30.5 Å². The van der Waals surface area contributed by atoms with E-state index in [1.54, 1.807) is 29.6 Å². The Morgan fingerprint density at radius 3 is 2.44 bits per heavy atom. The van der Waals surface area contributed by atoms with Crippen LogP contribution in [0.3, 0.4) is 0 Å². The number of thiazole rings is 1. The number of benzene rings is 1. The van der Waals surface area contributed by atoms with E-state index in [9.17, 15) is 19.2 Å². The van der Waals surface area contributed by atoms with E-state index in [-0.39, 0.29) is 36.2 Å². The number of ether oxygens (including phenoxy) is 2. The molecule has 1 aliphatic carbocycles. The van der Waals surface area contributed by atoms with Gasteiger partial charge in [0.25, 0.3) is 0 Å². The van der Waals surface area contributed by atoms with Crippen molar-refractivity contribution in [2.24, 2.45) is 11.8 Å². The number of imide groups is 1. The van der Waals surface area contributed by atoms with Crippen LogP contribution in [0.2, 0.25) is 0 Å². The molecule has 9 nitrogen and oxygen atoms in total. The smallest absolute Gasteiger partial charge is 0.329 e. The molecular formula is C24H27N3O6S. The zero-order valence-electron chi connectivity index (χ0n) is 19.4. The molecular weight excluding hydrogens is 458 g/mol. The van der Waals surface area contributed by atoms with Crippen LogP contribution in [0.15, 0.2) is 29.6 Å². The first-order valence-corrected chi connectivity index (χ1v) is 12.1. The molecule has 180 valence electrons. The highest BCUT2D eigenvalue weighted by atomic mass is 32.1. The molecule has 0 bridgehead atoms. The van der Waals surface area contributed by atoms with Gasteiger partial charge < -0.3 is 9.47 Å². The van der Waals surface area contributed by atoms with Crippen molar-refractivity contribution in [3.63, 3.8) is 0 Å². The van der Waals surface area contributed by atoms with E-state index < -0.39 is 12.0 Å². The van der Waals surface area contributed by atoms with Crippen LogP contribution >= 0.6 is 11.3 Å². The van der Waals surface area contributed by atoms with E-state index in [1.165, 1.54) is 37.2 Å². The Bertz CT molecular complexity index is 1090. The van der Waals surface area contributed by atoms with Gasteiger partial charge in [0.05, 0.1) is 30.3 Å².